The van der Waals surface area contributed by atoms with E-state index in [0.29, 0.717) is 6.61 Å². The molecule has 1 aliphatic rings. The van der Waals surface area contributed by atoms with Crippen molar-refractivity contribution in [3.8, 4) is 0 Å². The van der Waals surface area contributed by atoms with Crippen molar-refractivity contribution in [2.45, 2.75) is 19.1 Å². The maximum absolute atomic E-state index is 5.94. The summed E-state index contributed by atoms with van der Waals surface area (Å²) in [5.41, 5.74) is 5.13. The van der Waals surface area contributed by atoms with Gasteiger partial charge >= 0.3 is 0 Å². The van der Waals surface area contributed by atoms with Crippen LogP contribution in [0.5, 0.6) is 0 Å². The zero-order valence-electron chi connectivity index (χ0n) is 10.3. The SMILES string of the molecule is C=Cc1ccc(COC2Cc3ccccc32)cc1. The highest BCUT2D eigenvalue weighted by atomic mass is 16.5. The maximum Gasteiger partial charge on any atom is 0.0872 e. The van der Waals surface area contributed by atoms with Crippen molar-refractivity contribution in [2.75, 3.05) is 0 Å². The third-order valence-corrected chi connectivity index (χ3v) is 3.47. The van der Waals surface area contributed by atoms with Crippen LogP contribution in [0.15, 0.2) is 55.1 Å². The predicted molar refractivity (Wildman–Crippen MR) is 74.2 cm³/mol. The fraction of sp³-hybridized carbons (Fsp3) is 0.176. The molecule has 0 N–H and O–H groups in total. The first-order valence-corrected chi connectivity index (χ1v) is 6.27. The molecule has 1 unspecified atom stereocenters. The van der Waals surface area contributed by atoms with Gasteiger partial charge in [-0.25, -0.2) is 0 Å². The highest BCUT2D eigenvalue weighted by Crippen LogP contribution is 2.36. The van der Waals surface area contributed by atoms with Gasteiger partial charge in [-0.05, 0) is 22.3 Å². The first-order chi connectivity index (χ1) is 8.86. The summed E-state index contributed by atoms with van der Waals surface area (Å²) in [4.78, 5) is 0. The van der Waals surface area contributed by atoms with Crippen molar-refractivity contribution < 1.29 is 4.74 Å². The van der Waals surface area contributed by atoms with Crippen LogP contribution >= 0.6 is 0 Å². The normalized spacial score (nSPS) is 16.8. The van der Waals surface area contributed by atoms with Gasteiger partial charge in [0.2, 0.25) is 0 Å². The van der Waals surface area contributed by atoms with E-state index >= 15 is 0 Å². The average Bonchev–Trinajstić information content (AvgIpc) is 2.40. The number of fused-ring (bicyclic) bond motifs is 1. The van der Waals surface area contributed by atoms with Crippen LogP contribution in [0.1, 0.15) is 28.4 Å². The lowest BCUT2D eigenvalue weighted by molar-refractivity contribution is 0.0244. The molecule has 1 heteroatoms. The largest absolute Gasteiger partial charge is 0.368 e. The Morgan fingerprint density at radius 2 is 1.89 bits per heavy atom. The fourth-order valence-electron chi connectivity index (χ4n) is 2.31. The van der Waals surface area contributed by atoms with E-state index in [1.165, 1.54) is 16.7 Å². The number of hydrogen-bond donors (Lipinski definition) is 0. The van der Waals surface area contributed by atoms with E-state index in [0.717, 1.165) is 12.0 Å². The molecule has 0 amide bonds. The molecule has 18 heavy (non-hydrogen) atoms. The van der Waals surface area contributed by atoms with Crippen LogP contribution in [0, 0.1) is 0 Å². The molecule has 0 bridgehead atoms. The van der Waals surface area contributed by atoms with E-state index in [1.807, 2.05) is 6.08 Å². The van der Waals surface area contributed by atoms with Crippen LogP contribution in [0.2, 0.25) is 0 Å². The molecule has 90 valence electrons. The highest BCUT2D eigenvalue weighted by molar-refractivity contribution is 5.47. The van der Waals surface area contributed by atoms with Crippen molar-refractivity contribution in [1.82, 2.24) is 0 Å². The standard InChI is InChI=1S/C17H16O/c1-2-13-7-9-14(10-8-13)12-18-17-11-15-5-3-4-6-16(15)17/h2-10,17H,1,11-12H2. The molecule has 1 nitrogen and oxygen atoms in total. The molecular formula is C17H16O. The van der Waals surface area contributed by atoms with Gasteiger partial charge in [-0.3, -0.25) is 0 Å². The third kappa shape index (κ3) is 2.09. The Morgan fingerprint density at radius 3 is 2.61 bits per heavy atom. The van der Waals surface area contributed by atoms with Gasteiger partial charge < -0.3 is 4.74 Å². The summed E-state index contributed by atoms with van der Waals surface area (Å²) in [6, 6.07) is 16.8. The average molecular weight is 236 g/mol. The molecule has 0 aliphatic heterocycles. The lowest BCUT2D eigenvalue weighted by Crippen LogP contribution is -2.19. The van der Waals surface area contributed by atoms with Gasteiger partial charge in [0.05, 0.1) is 12.7 Å². The summed E-state index contributed by atoms with van der Waals surface area (Å²) in [5, 5.41) is 0. The van der Waals surface area contributed by atoms with E-state index in [-0.39, 0.29) is 6.10 Å². The summed E-state index contributed by atoms with van der Waals surface area (Å²) in [5.74, 6) is 0. The Labute approximate surface area is 108 Å². The van der Waals surface area contributed by atoms with Gasteiger partial charge in [-0.2, -0.15) is 0 Å². The zero-order valence-corrected chi connectivity index (χ0v) is 10.3. The smallest absolute Gasteiger partial charge is 0.0872 e. The Kier molecular flexibility index (Phi) is 2.99. The first kappa shape index (κ1) is 11.2. The summed E-state index contributed by atoms with van der Waals surface area (Å²) >= 11 is 0. The van der Waals surface area contributed by atoms with Crippen LogP contribution < -0.4 is 0 Å². The highest BCUT2D eigenvalue weighted by Gasteiger charge is 2.25. The van der Waals surface area contributed by atoms with Crippen molar-refractivity contribution >= 4 is 6.08 Å². The molecule has 1 aliphatic carbocycles. The first-order valence-electron chi connectivity index (χ1n) is 6.27. The van der Waals surface area contributed by atoms with Gasteiger partial charge in [0.25, 0.3) is 0 Å². The fourth-order valence-corrected chi connectivity index (χ4v) is 2.31. The maximum atomic E-state index is 5.94. The van der Waals surface area contributed by atoms with Crippen LogP contribution in [0.4, 0.5) is 0 Å². The Bertz CT molecular complexity index is 554. The Morgan fingerprint density at radius 1 is 1.11 bits per heavy atom. The molecular weight excluding hydrogens is 220 g/mol. The van der Waals surface area contributed by atoms with E-state index in [2.05, 4.69) is 55.1 Å². The molecule has 2 aromatic carbocycles. The molecule has 0 spiro atoms. The summed E-state index contributed by atoms with van der Waals surface area (Å²) < 4.78 is 5.94. The van der Waals surface area contributed by atoms with Crippen molar-refractivity contribution in [2.24, 2.45) is 0 Å². The Hall–Kier alpha value is -1.86. The molecule has 0 fully saturated rings. The van der Waals surface area contributed by atoms with E-state index in [4.69, 9.17) is 4.74 Å². The van der Waals surface area contributed by atoms with Crippen molar-refractivity contribution in [3.05, 3.63) is 77.4 Å². The second-order valence-electron chi connectivity index (χ2n) is 4.65. The second kappa shape index (κ2) is 4.79. The van der Waals surface area contributed by atoms with E-state index in [9.17, 15) is 0 Å². The van der Waals surface area contributed by atoms with Crippen molar-refractivity contribution in [3.63, 3.8) is 0 Å². The third-order valence-electron chi connectivity index (χ3n) is 3.47. The second-order valence-corrected chi connectivity index (χ2v) is 4.65. The Balaban J connectivity index is 1.61. The number of benzene rings is 2. The van der Waals surface area contributed by atoms with Gasteiger partial charge in [-0.1, -0.05) is 61.2 Å². The lowest BCUT2D eigenvalue weighted by atomic mass is 9.85. The monoisotopic (exact) mass is 236 g/mol. The van der Waals surface area contributed by atoms with E-state index in [1.54, 1.807) is 0 Å². The molecule has 0 radical (unpaired) electrons. The summed E-state index contributed by atoms with van der Waals surface area (Å²) in [6.45, 7) is 4.43. The van der Waals surface area contributed by atoms with Crippen LogP contribution in [-0.2, 0) is 17.8 Å². The molecule has 3 rings (SSSR count). The summed E-state index contributed by atoms with van der Waals surface area (Å²) in [7, 11) is 0. The quantitative estimate of drug-likeness (QED) is 0.775. The lowest BCUT2D eigenvalue weighted by Gasteiger charge is -2.30. The van der Waals surface area contributed by atoms with Crippen LogP contribution in [-0.4, -0.2) is 0 Å². The van der Waals surface area contributed by atoms with Crippen LogP contribution in [0.3, 0.4) is 0 Å². The topological polar surface area (TPSA) is 9.23 Å². The molecule has 0 aromatic heterocycles. The molecule has 0 heterocycles. The molecule has 1 atom stereocenters. The minimum atomic E-state index is 0.278. The molecule has 0 saturated carbocycles. The molecule has 2 aromatic rings. The zero-order chi connectivity index (χ0) is 12.4. The van der Waals surface area contributed by atoms with Gasteiger partial charge in [0.1, 0.15) is 0 Å². The molecule has 0 saturated heterocycles. The predicted octanol–water partition coefficient (Wildman–Crippen LogP) is 4.14. The van der Waals surface area contributed by atoms with Crippen molar-refractivity contribution in [1.29, 1.82) is 0 Å². The van der Waals surface area contributed by atoms with Gasteiger partial charge in [0.15, 0.2) is 0 Å². The van der Waals surface area contributed by atoms with Gasteiger partial charge in [-0.15, -0.1) is 0 Å². The minimum Gasteiger partial charge on any atom is -0.368 e. The van der Waals surface area contributed by atoms with Gasteiger partial charge in [0, 0.05) is 6.42 Å². The van der Waals surface area contributed by atoms with E-state index < -0.39 is 0 Å². The minimum absolute atomic E-state index is 0.278. The van der Waals surface area contributed by atoms with Crippen LogP contribution in [0.25, 0.3) is 6.08 Å². The number of hydrogen-bond acceptors (Lipinski definition) is 1. The number of ether oxygens (including phenoxy) is 1. The summed E-state index contributed by atoms with van der Waals surface area (Å²) in [6.07, 6.45) is 3.17. The number of rotatable bonds is 4.